The van der Waals surface area contributed by atoms with Crippen molar-refractivity contribution in [1.82, 2.24) is 4.90 Å². The van der Waals surface area contributed by atoms with E-state index in [2.05, 4.69) is 4.90 Å². The zero-order valence-electron chi connectivity index (χ0n) is 12.0. The van der Waals surface area contributed by atoms with Gasteiger partial charge in [0, 0.05) is 11.7 Å². The van der Waals surface area contributed by atoms with Gasteiger partial charge < -0.3 is 10.6 Å². The number of sulfone groups is 1. The topological polar surface area (TPSA) is 63.4 Å². The Morgan fingerprint density at radius 1 is 1.14 bits per heavy atom. The molecule has 3 rings (SSSR count). The molecular weight excluding hydrogens is 308 g/mol. The van der Waals surface area contributed by atoms with E-state index >= 15 is 0 Å². The summed E-state index contributed by atoms with van der Waals surface area (Å²) in [6.45, 7) is 2.34. The molecule has 0 amide bonds. The maximum atomic E-state index is 12.8. The van der Waals surface area contributed by atoms with E-state index < -0.39 is 9.84 Å². The number of hydrogen-bond donors (Lipinski definition) is 1. The molecule has 1 aromatic carbocycles. The van der Waals surface area contributed by atoms with Crippen molar-refractivity contribution in [3.05, 3.63) is 23.2 Å². The molecule has 6 heteroatoms. The van der Waals surface area contributed by atoms with Crippen LogP contribution >= 0.6 is 11.6 Å². The molecule has 1 aromatic rings. The lowest BCUT2D eigenvalue weighted by molar-refractivity contribution is 0.0919. The van der Waals surface area contributed by atoms with Gasteiger partial charge in [-0.25, -0.2) is 8.42 Å². The summed E-state index contributed by atoms with van der Waals surface area (Å²) in [5.74, 6) is 0. The van der Waals surface area contributed by atoms with Gasteiger partial charge in [0.1, 0.15) is 0 Å². The highest BCUT2D eigenvalue weighted by Gasteiger charge is 2.36. The third-order valence-electron chi connectivity index (χ3n) is 4.75. The number of hydrogen-bond acceptors (Lipinski definition) is 4. The maximum absolute atomic E-state index is 12.8. The number of nitrogens with two attached hydrogens (primary N) is 1. The van der Waals surface area contributed by atoms with Crippen molar-refractivity contribution in [3.63, 3.8) is 0 Å². The molecule has 116 valence electrons. The number of benzene rings is 1. The van der Waals surface area contributed by atoms with Gasteiger partial charge >= 0.3 is 0 Å². The van der Waals surface area contributed by atoms with Crippen LogP contribution in [-0.2, 0) is 9.84 Å². The molecule has 0 aromatic heterocycles. The van der Waals surface area contributed by atoms with Crippen molar-refractivity contribution < 1.29 is 8.42 Å². The second-order valence-corrected chi connectivity index (χ2v) is 8.66. The summed E-state index contributed by atoms with van der Waals surface area (Å²) in [6.07, 6.45) is 4.63. The minimum Gasteiger partial charge on any atom is -0.399 e. The van der Waals surface area contributed by atoms with Crippen LogP contribution in [-0.4, -0.2) is 37.7 Å². The van der Waals surface area contributed by atoms with E-state index in [1.54, 1.807) is 12.1 Å². The fourth-order valence-corrected chi connectivity index (χ4v) is 5.68. The van der Waals surface area contributed by atoms with Crippen molar-refractivity contribution in [2.24, 2.45) is 0 Å². The molecule has 2 aliphatic rings. The lowest BCUT2D eigenvalue weighted by Crippen LogP contribution is -2.47. The summed E-state index contributed by atoms with van der Waals surface area (Å²) in [7, 11) is -3.38. The third-order valence-corrected chi connectivity index (χ3v) is 7.49. The summed E-state index contributed by atoms with van der Waals surface area (Å²) in [4.78, 5) is 2.66. The Bertz CT molecular complexity index is 621. The molecular formula is C15H21ClN2O2S. The molecule has 21 heavy (non-hydrogen) atoms. The number of halogens is 1. The van der Waals surface area contributed by atoms with Gasteiger partial charge in [-0.3, -0.25) is 0 Å². The van der Waals surface area contributed by atoms with Gasteiger partial charge in [0.25, 0.3) is 0 Å². The molecule has 1 heterocycles. The molecule has 0 spiro atoms. The van der Waals surface area contributed by atoms with Gasteiger partial charge in [0.2, 0.25) is 0 Å². The van der Waals surface area contributed by atoms with Gasteiger partial charge in [0.05, 0.1) is 15.2 Å². The molecule has 0 atom stereocenters. The van der Waals surface area contributed by atoms with E-state index in [-0.39, 0.29) is 15.2 Å². The number of anilines is 1. The summed E-state index contributed by atoms with van der Waals surface area (Å²) >= 11 is 6.07. The fraction of sp³-hybridized carbons (Fsp3) is 0.600. The molecule has 2 fully saturated rings. The quantitative estimate of drug-likeness (QED) is 0.866. The predicted octanol–water partition coefficient (Wildman–Crippen LogP) is 2.71. The van der Waals surface area contributed by atoms with Gasteiger partial charge in [-0.2, -0.15) is 0 Å². The largest absolute Gasteiger partial charge is 0.399 e. The molecule has 1 aliphatic carbocycles. The zero-order valence-corrected chi connectivity index (χ0v) is 13.5. The summed E-state index contributed by atoms with van der Waals surface area (Å²) in [5.41, 5.74) is 6.15. The van der Waals surface area contributed by atoms with E-state index in [0.717, 1.165) is 12.8 Å². The highest BCUT2D eigenvalue weighted by Crippen LogP contribution is 2.35. The highest BCUT2D eigenvalue weighted by molar-refractivity contribution is 7.92. The third kappa shape index (κ3) is 2.91. The molecule has 2 N–H and O–H groups in total. The van der Waals surface area contributed by atoms with Crippen LogP contribution in [0.1, 0.15) is 32.1 Å². The second kappa shape index (κ2) is 5.78. The number of nitrogens with zero attached hydrogens (tertiary/aromatic N) is 1. The minimum atomic E-state index is -3.38. The summed E-state index contributed by atoms with van der Waals surface area (Å²) < 4.78 is 25.5. The Morgan fingerprint density at radius 3 is 2.38 bits per heavy atom. The first kappa shape index (κ1) is 15.1. The van der Waals surface area contributed by atoms with E-state index in [1.165, 1.54) is 25.6 Å². The van der Waals surface area contributed by atoms with Crippen LogP contribution in [0.4, 0.5) is 5.69 Å². The van der Waals surface area contributed by atoms with Gasteiger partial charge in [-0.1, -0.05) is 11.6 Å². The number of rotatable bonds is 3. The molecule has 4 nitrogen and oxygen atoms in total. The van der Waals surface area contributed by atoms with Crippen molar-refractivity contribution in [1.29, 1.82) is 0 Å². The Morgan fingerprint density at radius 2 is 1.81 bits per heavy atom. The monoisotopic (exact) mass is 328 g/mol. The van der Waals surface area contributed by atoms with Gasteiger partial charge in [-0.15, -0.1) is 0 Å². The lowest BCUT2D eigenvalue weighted by Gasteiger charge is -2.41. The maximum Gasteiger partial charge on any atom is 0.182 e. The molecule has 0 bridgehead atoms. The smallest absolute Gasteiger partial charge is 0.182 e. The van der Waals surface area contributed by atoms with Crippen LogP contribution < -0.4 is 5.73 Å². The average Bonchev–Trinajstić information content (AvgIpc) is 2.40. The van der Waals surface area contributed by atoms with Crippen LogP contribution in [0.3, 0.4) is 0 Å². The first-order chi connectivity index (χ1) is 9.98. The van der Waals surface area contributed by atoms with Crippen molar-refractivity contribution in [3.8, 4) is 0 Å². The second-order valence-electron chi connectivity index (χ2n) is 6.05. The summed E-state index contributed by atoms with van der Waals surface area (Å²) in [6, 6.07) is 5.25. The number of likely N-dealkylation sites (tertiary alicyclic amines) is 1. The first-order valence-electron chi connectivity index (χ1n) is 7.51. The van der Waals surface area contributed by atoms with Crippen molar-refractivity contribution >= 4 is 27.1 Å². The Hall–Kier alpha value is -0.780. The summed E-state index contributed by atoms with van der Waals surface area (Å²) in [5, 5.41) is -0.0524. The van der Waals surface area contributed by atoms with E-state index in [4.69, 9.17) is 17.3 Å². The van der Waals surface area contributed by atoms with Crippen LogP contribution in [0.2, 0.25) is 5.02 Å². The van der Waals surface area contributed by atoms with Gasteiger partial charge in [-0.05, 0) is 63.4 Å². The van der Waals surface area contributed by atoms with Crippen molar-refractivity contribution in [2.75, 3.05) is 18.8 Å². The fourth-order valence-electron chi connectivity index (χ4n) is 3.34. The molecule has 1 saturated carbocycles. The minimum absolute atomic E-state index is 0.191. The normalized spacial score (nSPS) is 27.3. The Labute approximate surface area is 131 Å². The van der Waals surface area contributed by atoms with E-state index in [0.29, 0.717) is 24.6 Å². The average molecular weight is 329 g/mol. The Kier molecular flexibility index (Phi) is 4.17. The first-order valence-corrected chi connectivity index (χ1v) is 9.44. The van der Waals surface area contributed by atoms with E-state index in [9.17, 15) is 8.42 Å². The molecule has 1 aliphatic heterocycles. The number of nitrogen functional groups attached to an aromatic ring is 1. The molecule has 0 unspecified atom stereocenters. The molecule has 1 saturated heterocycles. The van der Waals surface area contributed by atoms with Crippen LogP contribution in [0.25, 0.3) is 0 Å². The standard InChI is InChI=1S/C15H21ClN2O2S/c16-14-7-2-11(17)10-15(14)21(19,20)13-5-3-12(4-6-13)18-8-1-9-18/h2,7,10,12-13H,1,3-6,8-9,17H2. The Balaban J connectivity index is 1.75. The van der Waals surface area contributed by atoms with Crippen LogP contribution in [0.5, 0.6) is 0 Å². The highest BCUT2D eigenvalue weighted by atomic mass is 35.5. The van der Waals surface area contributed by atoms with Crippen LogP contribution in [0.15, 0.2) is 23.1 Å². The zero-order chi connectivity index (χ0) is 15.0. The SMILES string of the molecule is Nc1ccc(Cl)c(S(=O)(=O)C2CCC(N3CCC3)CC2)c1. The van der Waals surface area contributed by atoms with Gasteiger partial charge in [0.15, 0.2) is 9.84 Å². The molecule has 0 radical (unpaired) electrons. The van der Waals surface area contributed by atoms with Crippen LogP contribution in [0, 0.1) is 0 Å². The predicted molar refractivity (Wildman–Crippen MR) is 85.3 cm³/mol. The lowest BCUT2D eigenvalue weighted by atomic mass is 9.92. The van der Waals surface area contributed by atoms with E-state index in [1.807, 2.05) is 0 Å². The van der Waals surface area contributed by atoms with Crippen molar-refractivity contribution in [2.45, 2.75) is 48.3 Å².